The molecule has 0 aliphatic rings. The summed E-state index contributed by atoms with van der Waals surface area (Å²) in [5.74, 6) is 0.839. The third kappa shape index (κ3) is 3.73. The van der Waals surface area contributed by atoms with Gasteiger partial charge in [-0.2, -0.15) is 0 Å². The molecule has 1 heterocycles. The number of benzene rings is 3. The Balaban J connectivity index is 1.67. The normalized spacial score (nSPS) is 11.5. The summed E-state index contributed by atoms with van der Waals surface area (Å²) >= 11 is 2.12. The van der Waals surface area contributed by atoms with Gasteiger partial charge in [-0.1, -0.05) is 17.7 Å². The number of fused-ring (bicyclic) bond motifs is 1. The second kappa shape index (κ2) is 7.15. The van der Waals surface area contributed by atoms with Gasteiger partial charge in [0.25, 0.3) is 0 Å². The predicted molar refractivity (Wildman–Crippen MR) is 117 cm³/mol. The number of nitrogens with zero attached hydrogens (tertiary/aromatic N) is 2. The van der Waals surface area contributed by atoms with Crippen molar-refractivity contribution in [2.24, 2.45) is 4.99 Å². The Kier molecular flexibility index (Phi) is 4.70. The maximum Gasteiger partial charge on any atom is 0.227 e. The van der Waals surface area contributed by atoms with Crippen LogP contribution >= 0.6 is 22.6 Å². The van der Waals surface area contributed by atoms with Crippen LogP contribution in [-0.2, 0) is 0 Å². The van der Waals surface area contributed by atoms with Gasteiger partial charge < -0.3 is 9.52 Å². The van der Waals surface area contributed by atoms with Crippen LogP contribution in [0.3, 0.4) is 0 Å². The second-order valence-corrected chi connectivity index (χ2v) is 7.64. The number of phenols is 1. The highest BCUT2D eigenvalue weighted by Crippen LogP contribution is 2.28. The van der Waals surface area contributed by atoms with Gasteiger partial charge in [-0.25, -0.2) is 4.98 Å². The van der Waals surface area contributed by atoms with E-state index in [1.807, 2.05) is 68.4 Å². The van der Waals surface area contributed by atoms with E-state index in [1.54, 1.807) is 6.21 Å². The van der Waals surface area contributed by atoms with E-state index in [9.17, 15) is 5.11 Å². The van der Waals surface area contributed by atoms with E-state index < -0.39 is 0 Å². The molecule has 134 valence electrons. The summed E-state index contributed by atoms with van der Waals surface area (Å²) in [6, 6.07) is 17.5. The average Bonchev–Trinajstić information content (AvgIpc) is 3.07. The molecule has 1 aromatic heterocycles. The predicted octanol–water partition coefficient (Wildman–Crippen LogP) is 6.17. The first-order valence-corrected chi connectivity index (χ1v) is 9.58. The highest BCUT2D eigenvalue weighted by atomic mass is 127. The van der Waals surface area contributed by atoms with Crippen molar-refractivity contribution >= 4 is 45.6 Å². The Labute approximate surface area is 170 Å². The molecule has 0 atom stereocenters. The van der Waals surface area contributed by atoms with Crippen molar-refractivity contribution < 1.29 is 9.52 Å². The third-order valence-corrected chi connectivity index (χ3v) is 5.08. The lowest BCUT2D eigenvalue weighted by molar-refractivity contribution is 0.470. The molecule has 27 heavy (non-hydrogen) atoms. The summed E-state index contributed by atoms with van der Waals surface area (Å²) < 4.78 is 6.67. The molecule has 0 aliphatic carbocycles. The van der Waals surface area contributed by atoms with Crippen molar-refractivity contribution in [3.05, 3.63) is 74.9 Å². The molecule has 0 saturated carbocycles. The molecule has 4 aromatic rings. The summed E-state index contributed by atoms with van der Waals surface area (Å²) in [6.45, 7) is 4.04. The zero-order valence-corrected chi connectivity index (χ0v) is 17.1. The van der Waals surface area contributed by atoms with E-state index in [1.165, 1.54) is 5.56 Å². The van der Waals surface area contributed by atoms with Crippen LogP contribution in [-0.4, -0.2) is 16.3 Å². The first-order valence-electron chi connectivity index (χ1n) is 8.50. The van der Waals surface area contributed by atoms with E-state index in [4.69, 9.17) is 4.42 Å². The molecule has 0 amide bonds. The molecule has 0 fully saturated rings. The van der Waals surface area contributed by atoms with Gasteiger partial charge in [0.15, 0.2) is 5.58 Å². The van der Waals surface area contributed by atoms with E-state index in [0.717, 1.165) is 31.5 Å². The van der Waals surface area contributed by atoms with Gasteiger partial charge in [-0.05, 0) is 84.5 Å². The lowest BCUT2D eigenvalue weighted by Crippen LogP contribution is -1.87. The lowest BCUT2D eigenvalue weighted by Gasteiger charge is -2.03. The van der Waals surface area contributed by atoms with Crippen LogP contribution in [0.5, 0.6) is 5.75 Å². The van der Waals surface area contributed by atoms with Crippen molar-refractivity contribution in [1.82, 2.24) is 4.98 Å². The van der Waals surface area contributed by atoms with E-state index >= 15 is 0 Å². The molecule has 0 saturated heterocycles. The van der Waals surface area contributed by atoms with Crippen molar-refractivity contribution in [3.63, 3.8) is 0 Å². The summed E-state index contributed by atoms with van der Waals surface area (Å²) in [5, 5.41) is 10.2. The smallest absolute Gasteiger partial charge is 0.227 e. The van der Waals surface area contributed by atoms with Gasteiger partial charge in [0, 0.05) is 17.3 Å². The maximum atomic E-state index is 10.2. The zero-order chi connectivity index (χ0) is 19.0. The third-order valence-electron chi connectivity index (χ3n) is 4.26. The summed E-state index contributed by atoms with van der Waals surface area (Å²) in [7, 11) is 0. The van der Waals surface area contributed by atoms with Gasteiger partial charge in [0.2, 0.25) is 5.89 Å². The Bertz CT molecular complexity index is 1160. The molecular weight excluding hydrogens is 451 g/mol. The van der Waals surface area contributed by atoms with Crippen LogP contribution in [0.15, 0.2) is 64.0 Å². The minimum Gasteiger partial charge on any atom is -0.506 e. The number of oxazole rings is 1. The molecule has 3 aromatic carbocycles. The first-order chi connectivity index (χ1) is 13.0. The molecule has 0 radical (unpaired) electrons. The molecule has 0 spiro atoms. The monoisotopic (exact) mass is 468 g/mol. The quantitative estimate of drug-likeness (QED) is 0.289. The van der Waals surface area contributed by atoms with Gasteiger partial charge >= 0.3 is 0 Å². The number of halogens is 1. The molecule has 4 rings (SSSR count). The Morgan fingerprint density at radius 3 is 2.56 bits per heavy atom. The topological polar surface area (TPSA) is 58.6 Å². The first kappa shape index (κ1) is 17.7. The molecule has 0 aliphatic heterocycles. The van der Waals surface area contributed by atoms with Crippen LogP contribution < -0.4 is 0 Å². The molecule has 0 bridgehead atoms. The lowest BCUT2D eigenvalue weighted by atomic mass is 10.1. The van der Waals surface area contributed by atoms with Crippen molar-refractivity contribution in [1.29, 1.82) is 0 Å². The number of aryl methyl sites for hydroxylation is 2. The fourth-order valence-corrected chi connectivity index (χ4v) is 3.62. The highest BCUT2D eigenvalue weighted by molar-refractivity contribution is 14.1. The number of phenolic OH excluding ortho intramolecular Hbond substituents is 1. The minimum absolute atomic E-state index is 0.245. The van der Waals surface area contributed by atoms with Gasteiger partial charge in [0.05, 0.1) is 9.26 Å². The Morgan fingerprint density at radius 2 is 1.78 bits per heavy atom. The number of aromatic nitrogens is 1. The van der Waals surface area contributed by atoms with Gasteiger partial charge in [0.1, 0.15) is 11.3 Å². The van der Waals surface area contributed by atoms with Crippen molar-refractivity contribution in [3.8, 4) is 17.2 Å². The van der Waals surface area contributed by atoms with E-state index in [-0.39, 0.29) is 5.75 Å². The van der Waals surface area contributed by atoms with Crippen LogP contribution in [0.2, 0.25) is 0 Å². The Hall–Kier alpha value is -2.67. The fourth-order valence-electron chi connectivity index (χ4n) is 2.82. The number of aromatic hydroxyl groups is 1. The van der Waals surface area contributed by atoms with Crippen LogP contribution in [0, 0.1) is 17.4 Å². The summed E-state index contributed by atoms with van der Waals surface area (Å²) in [5.41, 5.74) is 6.14. The van der Waals surface area contributed by atoms with Gasteiger partial charge in [-0.15, -0.1) is 0 Å². The molecule has 5 heteroatoms. The molecular formula is C22H17IN2O2. The molecule has 0 unspecified atom stereocenters. The second-order valence-electron chi connectivity index (χ2n) is 6.48. The summed E-state index contributed by atoms with van der Waals surface area (Å²) in [4.78, 5) is 9.08. The molecule has 4 nitrogen and oxygen atoms in total. The number of hydrogen-bond acceptors (Lipinski definition) is 4. The SMILES string of the molecule is Cc1ccc(-c2nc3cc(N=Cc4cc(C)cc(I)c4O)ccc3o2)cc1. The van der Waals surface area contributed by atoms with Crippen LogP contribution in [0.1, 0.15) is 16.7 Å². The largest absolute Gasteiger partial charge is 0.506 e. The average molecular weight is 468 g/mol. The number of aliphatic imine (C=N–C) groups is 1. The summed E-state index contributed by atoms with van der Waals surface area (Å²) in [6.07, 6.45) is 1.67. The van der Waals surface area contributed by atoms with E-state index in [2.05, 4.69) is 32.6 Å². The number of rotatable bonds is 3. The highest BCUT2D eigenvalue weighted by Gasteiger charge is 2.09. The number of hydrogen-bond donors (Lipinski definition) is 1. The van der Waals surface area contributed by atoms with Crippen molar-refractivity contribution in [2.45, 2.75) is 13.8 Å². The fraction of sp³-hybridized carbons (Fsp3) is 0.0909. The van der Waals surface area contributed by atoms with Gasteiger partial charge in [-0.3, -0.25) is 4.99 Å². The minimum atomic E-state index is 0.245. The zero-order valence-electron chi connectivity index (χ0n) is 14.9. The Morgan fingerprint density at radius 1 is 1.00 bits per heavy atom. The molecule has 1 N–H and O–H groups in total. The standard InChI is InChI=1S/C22H17IN2O2/c1-13-3-5-15(6-4-13)22-25-19-11-17(7-8-20(19)27-22)24-12-16-9-14(2)10-18(23)21(16)26/h3-12,26H,1-2H3. The van der Waals surface area contributed by atoms with Crippen LogP contribution in [0.4, 0.5) is 5.69 Å². The maximum absolute atomic E-state index is 10.2. The van der Waals surface area contributed by atoms with E-state index in [0.29, 0.717) is 11.5 Å². The van der Waals surface area contributed by atoms with Crippen LogP contribution in [0.25, 0.3) is 22.6 Å². The van der Waals surface area contributed by atoms with Crippen molar-refractivity contribution in [2.75, 3.05) is 0 Å².